The number of hydrogen-bond donors (Lipinski definition) is 4. The fraction of sp³-hybridized carbons (Fsp3) is 0.186. The fourth-order valence-electron chi connectivity index (χ4n) is 6.83. The predicted molar refractivity (Wildman–Crippen MR) is 200 cm³/mol. The van der Waals surface area contributed by atoms with Gasteiger partial charge >= 0.3 is 5.97 Å². The molecule has 0 saturated heterocycles. The first-order chi connectivity index (χ1) is 24.9. The maximum atomic E-state index is 13.9. The van der Waals surface area contributed by atoms with E-state index < -0.39 is 35.4 Å². The number of fused-ring (bicyclic) bond motifs is 1. The second-order valence-electron chi connectivity index (χ2n) is 12.7. The highest BCUT2D eigenvalue weighted by atomic mass is 16.4. The predicted octanol–water partition coefficient (Wildman–Crippen LogP) is 6.45. The molecule has 0 aliphatic rings. The number of aliphatic carboxylic acids is 1. The molecule has 6 aromatic rings. The number of rotatable bonds is 15. The zero-order valence-electron chi connectivity index (χ0n) is 28.5. The topological polar surface area (TPSA) is 112 Å². The number of nitrogens with zero attached hydrogens (tertiary/aromatic N) is 1. The van der Waals surface area contributed by atoms with Crippen molar-refractivity contribution in [2.75, 3.05) is 6.54 Å². The van der Waals surface area contributed by atoms with E-state index in [9.17, 15) is 19.5 Å². The van der Waals surface area contributed by atoms with Crippen LogP contribution in [0.3, 0.4) is 0 Å². The molecule has 0 aliphatic heterocycles. The maximum absolute atomic E-state index is 13.9. The number of carbonyl (C=O) groups is 3. The number of hydrogen-bond acceptors (Lipinski definition) is 4. The van der Waals surface area contributed by atoms with Gasteiger partial charge in [-0.05, 0) is 59.8 Å². The summed E-state index contributed by atoms with van der Waals surface area (Å²) in [4.78, 5) is 39.7. The van der Waals surface area contributed by atoms with Gasteiger partial charge in [-0.1, -0.05) is 127 Å². The van der Waals surface area contributed by atoms with Crippen LogP contribution >= 0.6 is 0 Å². The molecule has 8 heteroatoms. The Balaban J connectivity index is 1.21. The highest BCUT2D eigenvalue weighted by Gasteiger charge is 2.36. The van der Waals surface area contributed by atoms with Crippen LogP contribution in [0.2, 0.25) is 0 Å². The minimum absolute atomic E-state index is 0.177. The first-order valence-corrected chi connectivity index (χ1v) is 17.2. The molecular weight excluding hydrogens is 636 g/mol. The van der Waals surface area contributed by atoms with Gasteiger partial charge in [0.2, 0.25) is 5.91 Å². The fourth-order valence-corrected chi connectivity index (χ4v) is 6.83. The van der Waals surface area contributed by atoms with E-state index in [4.69, 9.17) is 0 Å². The number of benzene rings is 5. The molecule has 0 bridgehead atoms. The summed E-state index contributed by atoms with van der Waals surface area (Å²) < 4.78 is 1.98. The van der Waals surface area contributed by atoms with Gasteiger partial charge in [0.1, 0.15) is 12.1 Å². The van der Waals surface area contributed by atoms with E-state index in [-0.39, 0.29) is 12.8 Å². The largest absolute Gasteiger partial charge is 0.480 e. The van der Waals surface area contributed by atoms with Crippen molar-refractivity contribution in [1.29, 1.82) is 0 Å². The molecule has 5 aromatic carbocycles. The Morgan fingerprint density at radius 2 is 1.18 bits per heavy atom. The number of aryl methyl sites for hydroxylation is 1. The summed E-state index contributed by atoms with van der Waals surface area (Å²) in [6.07, 6.45) is 2.76. The van der Waals surface area contributed by atoms with Gasteiger partial charge in [0, 0.05) is 36.1 Å². The van der Waals surface area contributed by atoms with Crippen LogP contribution in [0, 0.1) is 0 Å². The van der Waals surface area contributed by atoms with Crippen molar-refractivity contribution >= 4 is 28.7 Å². The molecule has 0 saturated carbocycles. The first-order valence-electron chi connectivity index (χ1n) is 17.2. The molecular formula is C43H42N4O4. The molecule has 0 fully saturated rings. The molecule has 0 radical (unpaired) electrons. The molecule has 8 nitrogen and oxygen atoms in total. The Labute approximate surface area is 298 Å². The van der Waals surface area contributed by atoms with Gasteiger partial charge in [-0.15, -0.1) is 0 Å². The molecule has 51 heavy (non-hydrogen) atoms. The zero-order valence-corrected chi connectivity index (χ0v) is 28.5. The summed E-state index contributed by atoms with van der Waals surface area (Å²) in [5, 5.41) is 20.6. The zero-order chi connectivity index (χ0) is 35.6. The van der Waals surface area contributed by atoms with Crippen LogP contribution < -0.4 is 16.0 Å². The molecule has 0 spiro atoms. The molecule has 0 aliphatic carbocycles. The third-order valence-corrected chi connectivity index (χ3v) is 9.36. The molecule has 1 heterocycles. The quantitative estimate of drug-likeness (QED) is 0.0737. The van der Waals surface area contributed by atoms with Crippen LogP contribution in [0.15, 0.2) is 152 Å². The minimum Gasteiger partial charge on any atom is -0.480 e. The Hall–Kier alpha value is -5.99. The number of aromatic nitrogens is 1. The third-order valence-electron chi connectivity index (χ3n) is 9.36. The number of amides is 2. The van der Waals surface area contributed by atoms with E-state index in [1.165, 1.54) is 0 Å². The Morgan fingerprint density at radius 3 is 1.73 bits per heavy atom. The lowest BCUT2D eigenvalue weighted by Gasteiger charge is -2.37. The summed E-state index contributed by atoms with van der Waals surface area (Å²) in [6, 6.07) is 44.9. The van der Waals surface area contributed by atoms with Crippen molar-refractivity contribution in [2.24, 2.45) is 7.05 Å². The highest BCUT2D eigenvalue weighted by molar-refractivity contribution is 5.98. The van der Waals surface area contributed by atoms with E-state index >= 15 is 0 Å². The third kappa shape index (κ3) is 7.92. The number of carbonyl (C=O) groups excluding carboxylic acids is 2. The van der Waals surface area contributed by atoms with Gasteiger partial charge in [0.15, 0.2) is 0 Å². The summed E-state index contributed by atoms with van der Waals surface area (Å²) in [7, 11) is 1.93. The van der Waals surface area contributed by atoms with Crippen molar-refractivity contribution in [3.63, 3.8) is 0 Å². The first kappa shape index (κ1) is 34.9. The standard InChI is InChI=1S/C43H42N4O4/c1-47-30-32(36-25-14-15-27-39(36)47)29-38(46-40(48)31-17-6-2-7-18-31)41(49)45-37(42(50)51)26-16-28-44-43(33-19-8-3-9-20-33,34-21-10-4-11-22-34)35-23-12-5-13-24-35/h2-15,17-25,27,30,37-38,44H,16,26,28-29H2,1H3,(H,45,49)(H,46,48)(H,50,51)/t37-,38-/m0/s1. The van der Waals surface area contributed by atoms with E-state index in [0.29, 0.717) is 18.5 Å². The van der Waals surface area contributed by atoms with Crippen molar-refractivity contribution in [1.82, 2.24) is 20.5 Å². The smallest absolute Gasteiger partial charge is 0.326 e. The lowest BCUT2D eigenvalue weighted by molar-refractivity contribution is -0.142. The molecule has 1 aromatic heterocycles. The SMILES string of the molecule is Cn1cc(C[C@H](NC(=O)c2ccccc2)C(=O)N[C@@H](CCCNC(c2ccccc2)(c2ccccc2)c2ccccc2)C(=O)O)c2ccccc21. The van der Waals surface area contributed by atoms with Crippen LogP contribution in [-0.2, 0) is 28.6 Å². The molecule has 4 N–H and O–H groups in total. The van der Waals surface area contributed by atoms with Crippen molar-refractivity contribution < 1.29 is 19.5 Å². The average Bonchev–Trinajstić information content (AvgIpc) is 3.49. The van der Waals surface area contributed by atoms with Crippen molar-refractivity contribution in [2.45, 2.75) is 36.9 Å². The maximum Gasteiger partial charge on any atom is 0.326 e. The average molecular weight is 679 g/mol. The number of para-hydroxylation sites is 1. The van der Waals surface area contributed by atoms with Crippen LogP contribution in [0.25, 0.3) is 10.9 Å². The second kappa shape index (κ2) is 16.1. The van der Waals surface area contributed by atoms with Gasteiger partial charge in [-0.2, -0.15) is 0 Å². The van der Waals surface area contributed by atoms with Gasteiger partial charge in [-0.3, -0.25) is 14.9 Å². The monoisotopic (exact) mass is 678 g/mol. The molecule has 2 amide bonds. The van der Waals surface area contributed by atoms with Gasteiger partial charge in [0.05, 0.1) is 5.54 Å². The van der Waals surface area contributed by atoms with E-state index in [2.05, 4.69) is 52.3 Å². The van der Waals surface area contributed by atoms with Crippen LogP contribution in [0.5, 0.6) is 0 Å². The minimum atomic E-state index is -1.16. The van der Waals surface area contributed by atoms with Crippen LogP contribution in [0.1, 0.15) is 45.5 Å². The van der Waals surface area contributed by atoms with Gasteiger partial charge in [-0.25, -0.2) is 4.79 Å². The van der Waals surface area contributed by atoms with Crippen LogP contribution in [-0.4, -0.2) is 46.1 Å². The van der Waals surface area contributed by atoms with Gasteiger partial charge < -0.3 is 20.3 Å². The lowest BCUT2D eigenvalue weighted by Crippen LogP contribution is -2.52. The lowest BCUT2D eigenvalue weighted by atomic mass is 9.77. The van der Waals surface area contributed by atoms with Crippen LogP contribution in [0.4, 0.5) is 0 Å². The van der Waals surface area contributed by atoms with Crippen molar-refractivity contribution in [3.05, 3.63) is 180 Å². The number of nitrogens with one attached hydrogen (secondary N) is 3. The summed E-state index contributed by atoms with van der Waals surface area (Å²) in [6.45, 7) is 0.461. The normalized spacial score (nSPS) is 12.6. The van der Waals surface area contributed by atoms with E-state index in [1.807, 2.05) is 103 Å². The second-order valence-corrected chi connectivity index (χ2v) is 12.7. The Morgan fingerprint density at radius 1 is 0.667 bits per heavy atom. The summed E-state index contributed by atoms with van der Waals surface area (Å²) in [5.41, 5.74) is 4.73. The van der Waals surface area contributed by atoms with E-state index in [0.717, 1.165) is 33.2 Å². The van der Waals surface area contributed by atoms with Gasteiger partial charge in [0.25, 0.3) is 5.91 Å². The summed E-state index contributed by atoms with van der Waals surface area (Å²) >= 11 is 0. The molecule has 6 rings (SSSR count). The molecule has 0 unspecified atom stereocenters. The molecule has 2 atom stereocenters. The Kier molecular flexibility index (Phi) is 11.0. The highest BCUT2D eigenvalue weighted by Crippen LogP contribution is 2.36. The molecule has 258 valence electrons. The number of carboxylic acid groups (broad SMARTS) is 1. The number of carboxylic acids is 1. The Bertz CT molecular complexity index is 1970. The van der Waals surface area contributed by atoms with E-state index in [1.54, 1.807) is 24.3 Å². The summed E-state index contributed by atoms with van der Waals surface area (Å²) in [5.74, 6) is -2.10. The van der Waals surface area contributed by atoms with Crippen molar-refractivity contribution in [3.8, 4) is 0 Å².